The van der Waals surface area contributed by atoms with Crippen LogP contribution in [0.4, 0.5) is 5.69 Å². The zero-order valence-electron chi connectivity index (χ0n) is 15.8. The van der Waals surface area contributed by atoms with Crippen molar-refractivity contribution in [3.63, 3.8) is 0 Å². The smallest absolute Gasteiger partial charge is 0.313 e. The van der Waals surface area contributed by atoms with Crippen molar-refractivity contribution >= 4 is 23.4 Å². The van der Waals surface area contributed by atoms with Gasteiger partial charge in [0.25, 0.3) is 0 Å². The second-order valence-electron chi connectivity index (χ2n) is 6.96. The summed E-state index contributed by atoms with van der Waals surface area (Å²) in [5.41, 5.74) is 1.38. The molecule has 6 heteroatoms. The van der Waals surface area contributed by atoms with Crippen LogP contribution in [0.15, 0.2) is 24.3 Å². The molecule has 0 fully saturated rings. The van der Waals surface area contributed by atoms with E-state index >= 15 is 0 Å². The predicted octanol–water partition coefficient (Wildman–Crippen LogP) is 2.20. The standard InChI is InChI=1S/C19H29N3O3/c1-13(2)10-11-22(5)19(25)18(24)21-16-8-6-15(7-9-16)12-17(23)20-14(3)4/h6-9,13-14H,10-12H2,1-5H3,(H,20,23)(H,21,24). The minimum absolute atomic E-state index is 0.0475. The largest absolute Gasteiger partial charge is 0.354 e. The van der Waals surface area contributed by atoms with Crippen LogP contribution in [0.2, 0.25) is 0 Å². The lowest BCUT2D eigenvalue weighted by Crippen LogP contribution is -2.37. The lowest BCUT2D eigenvalue weighted by Gasteiger charge is -2.17. The summed E-state index contributed by atoms with van der Waals surface area (Å²) >= 11 is 0. The molecule has 1 aromatic carbocycles. The van der Waals surface area contributed by atoms with Crippen molar-refractivity contribution in [2.75, 3.05) is 18.9 Å². The highest BCUT2D eigenvalue weighted by Crippen LogP contribution is 2.11. The van der Waals surface area contributed by atoms with E-state index in [1.54, 1.807) is 31.3 Å². The SMILES string of the molecule is CC(C)CCN(C)C(=O)C(=O)Nc1ccc(CC(=O)NC(C)C)cc1. The van der Waals surface area contributed by atoms with Crippen molar-refractivity contribution < 1.29 is 14.4 Å². The molecule has 6 nitrogen and oxygen atoms in total. The fourth-order valence-electron chi connectivity index (χ4n) is 2.18. The lowest BCUT2D eigenvalue weighted by atomic mass is 10.1. The first kappa shape index (κ1) is 20.7. The topological polar surface area (TPSA) is 78.5 Å². The minimum Gasteiger partial charge on any atom is -0.354 e. The van der Waals surface area contributed by atoms with Crippen LogP contribution in [0.1, 0.15) is 39.7 Å². The maximum absolute atomic E-state index is 12.0. The van der Waals surface area contributed by atoms with E-state index in [9.17, 15) is 14.4 Å². The molecule has 138 valence electrons. The van der Waals surface area contributed by atoms with Gasteiger partial charge in [-0.05, 0) is 43.9 Å². The number of rotatable bonds is 7. The molecule has 1 aromatic rings. The van der Waals surface area contributed by atoms with E-state index in [1.807, 2.05) is 13.8 Å². The van der Waals surface area contributed by atoms with Gasteiger partial charge in [-0.1, -0.05) is 26.0 Å². The van der Waals surface area contributed by atoms with Crippen LogP contribution in [0.3, 0.4) is 0 Å². The molecule has 25 heavy (non-hydrogen) atoms. The number of carbonyl (C=O) groups excluding carboxylic acids is 3. The maximum atomic E-state index is 12.0. The Morgan fingerprint density at radius 1 is 1.04 bits per heavy atom. The Labute approximate surface area is 150 Å². The van der Waals surface area contributed by atoms with Crippen molar-refractivity contribution in [2.45, 2.75) is 46.6 Å². The molecule has 0 saturated carbocycles. The van der Waals surface area contributed by atoms with Gasteiger partial charge in [-0.15, -0.1) is 0 Å². The summed E-state index contributed by atoms with van der Waals surface area (Å²) < 4.78 is 0. The third-order valence-corrected chi connectivity index (χ3v) is 3.61. The van der Waals surface area contributed by atoms with E-state index in [1.165, 1.54) is 4.90 Å². The molecule has 0 aliphatic heterocycles. The van der Waals surface area contributed by atoms with Crippen molar-refractivity contribution in [1.82, 2.24) is 10.2 Å². The Kier molecular flexibility index (Phi) is 8.11. The van der Waals surface area contributed by atoms with Gasteiger partial charge in [0.15, 0.2) is 0 Å². The summed E-state index contributed by atoms with van der Waals surface area (Å²) in [5.74, 6) is -0.787. The van der Waals surface area contributed by atoms with Crippen molar-refractivity contribution in [1.29, 1.82) is 0 Å². The van der Waals surface area contributed by atoms with Crippen LogP contribution in [0.25, 0.3) is 0 Å². The predicted molar refractivity (Wildman–Crippen MR) is 99.1 cm³/mol. The molecule has 1 rings (SSSR count). The quantitative estimate of drug-likeness (QED) is 0.742. The highest BCUT2D eigenvalue weighted by Gasteiger charge is 2.18. The molecule has 0 bridgehead atoms. The lowest BCUT2D eigenvalue weighted by molar-refractivity contribution is -0.142. The van der Waals surface area contributed by atoms with Gasteiger partial charge in [0, 0.05) is 25.3 Å². The minimum atomic E-state index is -0.656. The summed E-state index contributed by atoms with van der Waals surface area (Å²) in [6.07, 6.45) is 1.13. The molecule has 0 heterocycles. The summed E-state index contributed by atoms with van der Waals surface area (Å²) in [5, 5.41) is 5.42. The first-order valence-electron chi connectivity index (χ1n) is 8.63. The number of amides is 3. The van der Waals surface area contributed by atoms with Crippen molar-refractivity contribution in [3.8, 4) is 0 Å². The third kappa shape index (κ3) is 7.83. The molecular weight excluding hydrogens is 318 g/mol. The van der Waals surface area contributed by atoms with Crippen LogP contribution in [0.5, 0.6) is 0 Å². The molecule has 0 atom stereocenters. The summed E-state index contributed by atoms with van der Waals surface area (Å²) in [6, 6.07) is 7.02. The molecule has 3 amide bonds. The zero-order chi connectivity index (χ0) is 19.0. The van der Waals surface area contributed by atoms with E-state index in [0.717, 1.165) is 12.0 Å². The first-order chi connectivity index (χ1) is 11.7. The van der Waals surface area contributed by atoms with Gasteiger partial charge in [-0.2, -0.15) is 0 Å². The number of nitrogens with one attached hydrogen (secondary N) is 2. The van der Waals surface area contributed by atoms with Crippen LogP contribution in [-0.2, 0) is 20.8 Å². The molecule has 0 aliphatic rings. The van der Waals surface area contributed by atoms with E-state index < -0.39 is 11.8 Å². The van der Waals surface area contributed by atoms with Crippen molar-refractivity contribution in [3.05, 3.63) is 29.8 Å². The van der Waals surface area contributed by atoms with Gasteiger partial charge < -0.3 is 15.5 Å². The fraction of sp³-hybridized carbons (Fsp3) is 0.526. The van der Waals surface area contributed by atoms with Gasteiger partial charge in [0.05, 0.1) is 6.42 Å². The average Bonchev–Trinajstić information content (AvgIpc) is 2.52. The Bertz CT molecular complexity index is 594. The monoisotopic (exact) mass is 347 g/mol. The van der Waals surface area contributed by atoms with Crippen LogP contribution >= 0.6 is 0 Å². The Hall–Kier alpha value is -2.37. The van der Waals surface area contributed by atoms with E-state index in [0.29, 0.717) is 18.2 Å². The molecule has 2 N–H and O–H groups in total. The number of carbonyl (C=O) groups is 3. The second kappa shape index (κ2) is 9.81. The van der Waals surface area contributed by atoms with E-state index in [2.05, 4.69) is 24.5 Å². The van der Waals surface area contributed by atoms with Gasteiger partial charge >= 0.3 is 11.8 Å². The number of hydrogen-bond donors (Lipinski definition) is 2. The van der Waals surface area contributed by atoms with Crippen molar-refractivity contribution in [2.24, 2.45) is 5.92 Å². The molecular formula is C19H29N3O3. The van der Waals surface area contributed by atoms with Gasteiger partial charge in [-0.25, -0.2) is 0 Å². The van der Waals surface area contributed by atoms with Crippen LogP contribution < -0.4 is 10.6 Å². The number of anilines is 1. The molecule has 0 aromatic heterocycles. The normalized spacial score (nSPS) is 10.7. The molecule has 0 unspecified atom stereocenters. The highest BCUT2D eigenvalue weighted by atomic mass is 16.2. The average molecular weight is 347 g/mol. The Morgan fingerprint density at radius 3 is 2.16 bits per heavy atom. The fourth-order valence-corrected chi connectivity index (χ4v) is 2.18. The Balaban J connectivity index is 2.55. The van der Waals surface area contributed by atoms with Gasteiger partial charge in [0.1, 0.15) is 0 Å². The molecule has 0 saturated heterocycles. The van der Waals surface area contributed by atoms with Gasteiger partial charge in [-0.3, -0.25) is 14.4 Å². The molecule has 0 aliphatic carbocycles. The summed E-state index contributed by atoms with van der Waals surface area (Å²) in [4.78, 5) is 37.2. The maximum Gasteiger partial charge on any atom is 0.313 e. The summed E-state index contributed by atoms with van der Waals surface area (Å²) in [7, 11) is 1.63. The van der Waals surface area contributed by atoms with Crippen LogP contribution in [0, 0.1) is 5.92 Å². The third-order valence-electron chi connectivity index (χ3n) is 3.61. The number of nitrogens with zero attached hydrogens (tertiary/aromatic N) is 1. The number of benzene rings is 1. The molecule has 0 spiro atoms. The number of likely N-dealkylation sites (N-methyl/N-ethyl adjacent to an activating group) is 1. The zero-order valence-corrected chi connectivity index (χ0v) is 15.8. The highest BCUT2D eigenvalue weighted by molar-refractivity contribution is 6.39. The second-order valence-corrected chi connectivity index (χ2v) is 6.96. The van der Waals surface area contributed by atoms with Gasteiger partial charge in [0.2, 0.25) is 5.91 Å². The van der Waals surface area contributed by atoms with E-state index in [4.69, 9.17) is 0 Å². The van der Waals surface area contributed by atoms with Crippen LogP contribution in [-0.4, -0.2) is 42.3 Å². The van der Waals surface area contributed by atoms with E-state index in [-0.39, 0.29) is 18.4 Å². The first-order valence-corrected chi connectivity index (χ1v) is 8.63. The summed E-state index contributed by atoms with van der Waals surface area (Å²) in [6.45, 7) is 8.51. The Morgan fingerprint density at radius 2 is 1.64 bits per heavy atom. The number of hydrogen-bond acceptors (Lipinski definition) is 3. The molecule has 0 radical (unpaired) electrons.